The van der Waals surface area contributed by atoms with Gasteiger partial charge < -0.3 is 5.32 Å². The number of benzene rings is 1. The van der Waals surface area contributed by atoms with Gasteiger partial charge in [0.05, 0.1) is 0 Å². The highest BCUT2D eigenvalue weighted by Gasteiger charge is 1.92. The van der Waals surface area contributed by atoms with Gasteiger partial charge in [0.15, 0.2) is 0 Å². The zero-order valence-electron chi connectivity index (χ0n) is 7.39. The lowest BCUT2D eigenvalue weighted by atomic mass is 10.1. The Hall–Kier alpha value is -0.240. The molecule has 0 radical (unpaired) electrons. The monoisotopic (exact) mass is 217 g/mol. The number of hydrogen-bond donors (Lipinski definition) is 1. The van der Waals surface area contributed by atoms with E-state index >= 15 is 0 Å². The smallest absolute Gasteiger partial charge is 0.0406 e. The second-order valence-electron chi connectivity index (χ2n) is 2.82. The van der Waals surface area contributed by atoms with Crippen LogP contribution in [0, 0.1) is 0 Å². The molecule has 1 N–H and O–H groups in total. The van der Waals surface area contributed by atoms with Gasteiger partial charge in [0.25, 0.3) is 0 Å². The summed E-state index contributed by atoms with van der Waals surface area (Å²) in [5.74, 6) is 0.667. The molecule has 0 aromatic heterocycles. The van der Waals surface area contributed by atoms with Crippen molar-refractivity contribution in [3.63, 3.8) is 0 Å². The molecule has 1 rings (SSSR count). The molecule has 0 heterocycles. The van der Waals surface area contributed by atoms with Crippen LogP contribution in [0.15, 0.2) is 24.3 Å². The quantitative estimate of drug-likeness (QED) is 0.591. The number of nitrogens with one attached hydrogen (secondary N) is 1. The first-order valence-electron chi connectivity index (χ1n) is 4.34. The van der Waals surface area contributed by atoms with Crippen LogP contribution in [0.3, 0.4) is 0 Å². The standard InChI is InChI=1S/C10H13Cl2N/c11-6-8-13-7-5-9-1-3-10(12)4-2-9/h1-4,13H,5-8H2. The van der Waals surface area contributed by atoms with Gasteiger partial charge in [-0.15, -0.1) is 11.6 Å². The van der Waals surface area contributed by atoms with Crippen LogP contribution in [0.4, 0.5) is 0 Å². The maximum atomic E-state index is 5.76. The Morgan fingerprint density at radius 3 is 2.38 bits per heavy atom. The van der Waals surface area contributed by atoms with E-state index < -0.39 is 0 Å². The second-order valence-corrected chi connectivity index (χ2v) is 3.63. The summed E-state index contributed by atoms with van der Waals surface area (Å²) in [6.07, 6.45) is 1.02. The van der Waals surface area contributed by atoms with Crippen molar-refractivity contribution in [1.82, 2.24) is 5.32 Å². The molecular weight excluding hydrogens is 205 g/mol. The highest BCUT2D eigenvalue weighted by atomic mass is 35.5. The van der Waals surface area contributed by atoms with Crippen LogP contribution in [0.25, 0.3) is 0 Å². The molecule has 0 amide bonds. The van der Waals surface area contributed by atoms with Crippen LogP contribution in [0.5, 0.6) is 0 Å². The van der Waals surface area contributed by atoms with Crippen LogP contribution in [0.2, 0.25) is 5.02 Å². The molecule has 3 heteroatoms. The molecule has 0 saturated heterocycles. The van der Waals surface area contributed by atoms with Crippen molar-refractivity contribution in [2.24, 2.45) is 0 Å². The van der Waals surface area contributed by atoms with Crippen molar-refractivity contribution < 1.29 is 0 Å². The highest BCUT2D eigenvalue weighted by Crippen LogP contribution is 2.09. The average Bonchev–Trinajstić information content (AvgIpc) is 2.15. The Morgan fingerprint density at radius 1 is 1.08 bits per heavy atom. The average molecular weight is 218 g/mol. The van der Waals surface area contributed by atoms with E-state index in [0.717, 1.165) is 24.5 Å². The molecular formula is C10H13Cl2N. The molecule has 1 aromatic rings. The summed E-state index contributed by atoms with van der Waals surface area (Å²) in [6.45, 7) is 1.84. The molecule has 72 valence electrons. The van der Waals surface area contributed by atoms with E-state index in [4.69, 9.17) is 23.2 Å². The third-order valence-corrected chi connectivity index (χ3v) is 2.22. The van der Waals surface area contributed by atoms with Crippen LogP contribution < -0.4 is 5.32 Å². The zero-order valence-corrected chi connectivity index (χ0v) is 8.91. The predicted molar refractivity (Wildman–Crippen MR) is 58.7 cm³/mol. The van der Waals surface area contributed by atoms with E-state index in [-0.39, 0.29) is 0 Å². The van der Waals surface area contributed by atoms with E-state index in [1.807, 2.05) is 24.3 Å². The largest absolute Gasteiger partial charge is 0.315 e. The van der Waals surface area contributed by atoms with Gasteiger partial charge in [-0.05, 0) is 30.7 Å². The summed E-state index contributed by atoms with van der Waals surface area (Å²) in [4.78, 5) is 0. The SMILES string of the molecule is ClCCNCCc1ccc(Cl)cc1. The van der Waals surface area contributed by atoms with E-state index in [1.165, 1.54) is 5.56 Å². The lowest BCUT2D eigenvalue weighted by Crippen LogP contribution is -2.19. The van der Waals surface area contributed by atoms with E-state index in [2.05, 4.69) is 5.32 Å². The van der Waals surface area contributed by atoms with E-state index in [0.29, 0.717) is 5.88 Å². The van der Waals surface area contributed by atoms with Crippen LogP contribution in [0.1, 0.15) is 5.56 Å². The van der Waals surface area contributed by atoms with Crippen molar-refractivity contribution >= 4 is 23.2 Å². The molecule has 1 nitrogen and oxygen atoms in total. The Bertz CT molecular complexity index is 233. The minimum atomic E-state index is 0.667. The predicted octanol–water partition coefficient (Wildman–Crippen LogP) is 2.71. The van der Waals surface area contributed by atoms with Crippen LogP contribution in [-0.4, -0.2) is 19.0 Å². The molecule has 13 heavy (non-hydrogen) atoms. The molecule has 0 bridgehead atoms. The van der Waals surface area contributed by atoms with Gasteiger partial charge in [0, 0.05) is 17.4 Å². The molecule has 0 saturated carbocycles. The molecule has 1 aromatic carbocycles. The third kappa shape index (κ3) is 4.51. The molecule has 0 unspecified atom stereocenters. The summed E-state index contributed by atoms with van der Waals surface area (Å²) in [5, 5.41) is 4.02. The lowest BCUT2D eigenvalue weighted by molar-refractivity contribution is 0.719. The van der Waals surface area contributed by atoms with E-state index in [1.54, 1.807) is 0 Å². The molecule has 0 aliphatic rings. The van der Waals surface area contributed by atoms with E-state index in [9.17, 15) is 0 Å². The van der Waals surface area contributed by atoms with Crippen molar-refractivity contribution in [2.45, 2.75) is 6.42 Å². The van der Waals surface area contributed by atoms with Crippen molar-refractivity contribution in [1.29, 1.82) is 0 Å². The summed E-state index contributed by atoms with van der Waals surface area (Å²) in [6, 6.07) is 7.92. The molecule has 0 atom stereocenters. The summed E-state index contributed by atoms with van der Waals surface area (Å²) in [7, 11) is 0. The van der Waals surface area contributed by atoms with Crippen molar-refractivity contribution in [3.05, 3.63) is 34.9 Å². The highest BCUT2D eigenvalue weighted by molar-refractivity contribution is 6.30. The van der Waals surface area contributed by atoms with Gasteiger partial charge in [-0.1, -0.05) is 23.7 Å². The Kier molecular flexibility index (Phi) is 5.21. The molecule has 0 fully saturated rings. The Morgan fingerprint density at radius 2 is 1.77 bits per heavy atom. The number of hydrogen-bond acceptors (Lipinski definition) is 1. The summed E-state index contributed by atoms with van der Waals surface area (Å²) in [5.41, 5.74) is 1.30. The van der Waals surface area contributed by atoms with Gasteiger partial charge >= 0.3 is 0 Å². The van der Waals surface area contributed by atoms with Crippen molar-refractivity contribution in [3.8, 4) is 0 Å². The van der Waals surface area contributed by atoms with Crippen LogP contribution in [-0.2, 0) is 6.42 Å². The zero-order chi connectivity index (χ0) is 9.52. The fraction of sp³-hybridized carbons (Fsp3) is 0.400. The first kappa shape index (κ1) is 10.8. The minimum absolute atomic E-state index is 0.667. The summed E-state index contributed by atoms with van der Waals surface area (Å²) >= 11 is 11.3. The van der Waals surface area contributed by atoms with Gasteiger partial charge in [-0.25, -0.2) is 0 Å². The lowest BCUT2D eigenvalue weighted by Gasteiger charge is -2.02. The van der Waals surface area contributed by atoms with Gasteiger partial charge in [-0.2, -0.15) is 0 Å². The van der Waals surface area contributed by atoms with Gasteiger partial charge in [-0.3, -0.25) is 0 Å². The van der Waals surface area contributed by atoms with Crippen molar-refractivity contribution in [2.75, 3.05) is 19.0 Å². The first-order valence-corrected chi connectivity index (χ1v) is 5.25. The maximum absolute atomic E-state index is 5.76. The second kappa shape index (κ2) is 6.25. The number of rotatable bonds is 5. The normalized spacial score (nSPS) is 10.3. The summed E-state index contributed by atoms with van der Waals surface area (Å²) < 4.78 is 0. The van der Waals surface area contributed by atoms with Gasteiger partial charge in [0.2, 0.25) is 0 Å². The molecule has 0 aliphatic heterocycles. The Labute approximate surface area is 89.0 Å². The third-order valence-electron chi connectivity index (χ3n) is 1.77. The molecule has 0 aliphatic carbocycles. The molecule has 0 spiro atoms. The number of alkyl halides is 1. The fourth-order valence-electron chi connectivity index (χ4n) is 1.08. The topological polar surface area (TPSA) is 12.0 Å². The minimum Gasteiger partial charge on any atom is -0.315 e. The number of halogens is 2. The maximum Gasteiger partial charge on any atom is 0.0406 e. The van der Waals surface area contributed by atoms with Crippen LogP contribution >= 0.6 is 23.2 Å². The fourth-order valence-corrected chi connectivity index (χ4v) is 1.34. The van der Waals surface area contributed by atoms with Gasteiger partial charge in [0.1, 0.15) is 0 Å². The first-order chi connectivity index (χ1) is 6.33. The Balaban J connectivity index is 2.25.